The molecular formula is C20H27N3O4. The van der Waals surface area contributed by atoms with Crippen molar-refractivity contribution >= 4 is 17.5 Å². The molecule has 0 heterocycles. The lowest BCUT2D eigenvalue weighted by Crippen LogP contribution is -2.42. The molecule has 3 atom stereocenters. The minimum absolute atomic E-state index is 0.0294. The van der Waals surface area contributed by atoms with E-state index in [9.17, 15) is 19.7 Å². The van der Waals surface area contributed by atoms with E-state index in [-0.39, 0.29) is 36.5 Å². The first-order chi connectivity index (χ1) is 13.0. The molecule has 146 valence electrons. The normalized spacial score (nSPS) is 24.5. The van der Waals surface area contributed by atoms with E-state index in [1.807, 2.05) is 0 Å². The SMILES string of the molecule is O=C(CCNC(=O)c1ccc([N+](=O)[O-])cc1)N[C@@H]1CC[C@H]2CCCC[C@H]2C1. The standard InChI is InChI=1S/C20H27N3O4/c24-19(22-17-8-5-14-3-1-2-4-16(14)13-17)11-12-21-20(25)15-6-9-18(10-7-15)23(26)27/h6-7,9-10,14,16-17H,1-5,8,11-13H2,(H,21,25)(H,22,24)/t14-,16+,17-/m1/s1. The summed E-state index contributed by atoms with van der Waals surface area (Å²) in [6.07, 6.45) is 8.91. The van der Waals surface area contributed by atoms with Gasteiger partial charge in [-0.3, -0.25) is 19.7 Å². The lowest BCUT2D eigenvalue weighted by molar-refractivity contribution is -0.384. The molecule has 0 aliphatic heterocycles. The van der Waals surface area contributed by atoms with E-state index in [2.05, 4.69) is 10.6 Å². The number of hydrogen-bond donors (Lipinski definition) is 2. The van der Waals surface area contributed by atoms with Gasteiger partial charge >= 0.3 is 0 Å². The number of rotatable bonds is 6. The Bertz CT molecular complexity index is 689. The van der Waals surface area contributed by atoms with Crippen LogP contribution in [0.4, 0.5) is 5.69 Å². The molecule has 7 heteroatoms. The number of non-ortho nitro benzene ring substituents is 1. The van der Waals surface area contributed by atoms with Gasteiger partial charge in [0.05, 0.1) is 4.92 Å². The Hall–Kier alpha value is -2.44. The molecule has 0 radical (unpaired) electrons. The molecule has 1 aromatic rings. The van der Waals surface area contributed by atoms with Crippen LogP contribution in [-0.4, -0.2) is 29.3 Å². The average molecular weight is 373 g/mol. The molecule has 2 aliphatic rings. The van der Waals surface area contributed by atoms with Crippen molar-refractivity contribution in [2.75, 3.05) is 6.54 Å². The van der Waals surface area contributed by atoms with Gasteiger partial charge in [0.25, 0.3) is 11.6 Å². The zero-order valence-electron chi connectivity index (χ0n) is 15.5. The van der Waals surface area contributed by atoms with Gasteiger partial charge in [0.1, 0.15) is 0 Å². The number of fused-ring (bicyclic) bond motifs is 1. The monoisotopic (exact) mass is 373 g/mol. The lowest BCUT2D eigenvalue weighted by Gasteiger charge is -2.39. The van der Waals surface area contributed by atoms with Gasteiger partial charge in [0, 0.05) is 36.7 Å². The lowest BCUT2D eigenvalue weighted by atomic mass is 9.69. The maximum absolute atomic E-state index is 12.2. The summed E-state index contributed by atoms with van der Waals surface area (Å²) in [6, 6.07) is 5.68. The van der Waals surface area contributed by atoms with Crippen molar-refractivity contribution in [1.82, 2.24) is 10.6 Å². The maximum atomic E-state index is 12.2. The number of amides is 2. The highest BCUT2D eigenvalue weighted by molar-refractivity contribution is 5.94. The Balaban J connectivity index is 1.37. The van der Waals surface area contributed by atoms with E-state index < -0.39 is 4.92 Å². The Morgan fingerprint density at radius 1 is 1.04 bits per heavy atom. The smallest absolute Gasteiger partial charge is 0.269 e. The molecule has 0 saturated heterocycles. The second-order valence-electron chi connectivity index (χ2n) is 7.69. The minimum atomic E-state index is -0.507. The highest BCUT2D eigenvalue weighted by atomic mass is 16.6. The Kier molecular flexibility index (Phi) is 6.42. The highest BCUT2D eigenvalue weighted by Gasteiger charge is 2.32. The van der Waals surface area contributed by atoms with Crippen LogP contribution in [0, 0.1) is 22.0 Å². The molecule has 2 fully saturated rings. The molecule has 2 amide bonds. The molecule has 7 nitrogen and oxygen atoms in total. The van der Waals surface area contributed by atoms with E-state index in [4.69, 9.17) is 0 Å². The first-order valence-corrected chi connectivity index (χ1v) is 9.85. The molecule has 0 unspecified atom stereocenters. The number of nitrogens with zero attached hydrogens (tertiary/aromatic N) is 1. The number of nitro benzene ring substituents is 1. The second kappa shape index (κ2) is 8.97. The van der Waals surface area contributed by atoms with Crippen molar-refractivity contribution in [3.05, 3.63) is 39.9 Å². The molecular weight excluding hydrogens is 346 g/mol. The van der Waals surface area contributed by atoms with Crippen LogP contribution in [0.15, 0.2) is 24.3 Å². The zero-order chi connectivity index (χ0) is 19.2. The van der Waals surface area contributed by atoms with E-state index in [0.717, 1.165) is 24.7 Å². The number of carbonyl (C=O) groups is 2. The van der Waals surface area contributed by atoms with Crippen LogP contribution in [0.2, 0.25) is 0 Å². The predicted molar refractivity (Wildman–Crippen MR) is 101 cm³/mol. The van der Waals surface area contributed by atoms with E-state index in [1.54, 1.807) is 0 Å². The first-order valence-electron chi connectivity index (χ1n) is 9.85. The fourth-order valence-corrected chi connectivity index (χ4v) is 4.43. The molecule has 27 heavy (non-hydrogen) atoms. The van der Waals surface area contributed by atoms with E-state index in [1.165, 1.54) is 56.4 Å². The largest absolute Gasteiger partial charge is 0.353 e. The van der Waals surface area contributed by atoms with Crippen LogP contribution in [0.3, 0.4) is 0 Å². The molecule has 2 N–H and O–H groups in total. The van der Waals surface area contributed by atoms with Gasteiger partial charge in [0.15, 0.2) is 0 Å². The average Bonchev–Trinajstić information content (AvgIpc) is 2.68. The Morgan fingerprint density at radius 2 is 1.74 bits per heavy atom. The fraction of sp³-hybridized carbons (Fsp3) is 0.600. The number of hydrogen-bond acceptors (Lipinski definition) is 4. The molecule has 2 saturated carbocycles. The Labute approximate surface area is 159 Å². The maximum Gasteiger partial charge on any atom is 0.269 e. The summed E-state index contributed by atoms with van der Waals surface area (Å²) in [5.41, 5.74) is 0.287. The third kappa shape index (κ3) is 5.28. The highest BCUT2D eigenvalue weighted by Crippen LogP contribution is 2.40. The number of nitrogens with one attached hydrogen (secondary N) is 2. The summed E-state index contributed by atoms with van der Waals surface area (Å²) >= 11 is 0. The minimum Gasteiger partial charge on any atom is -0.353 e. The van der Waals surface area contributed by atoms with Gasteiger partial charge in [-0.2, -0.15) is 0 Å². The topological polar surface area (TPSA) is 101 Å². The first kappa shape index (κ1) is 19.3. The molecule has 0 aromatic heterocycles. The predicted octanol–water partition coefficient (Wildman–Crippen LogP) is 3.19. The van der Waals surface area contributed by atoms with Gasteiger partial charge in [0.2, 0.25) is 5.91 Å². The van der Waals surface area contributed by atoms with Gasteiger partial charge in [-0.25, -0.2) is 0 Å². The van der Waals surface area contributed by atoms with Crippen LogP contribution >= 0.6 is 0 Å². The van der Waals surface area contributed by atoms with Gasteiger partial charge < -0.3 is 10.6 Å². The zero-order valence-corrected chi connectivity index (χ0v) is 15.5. The summed E-state index contributed by atoms with van der Waals surface area (Å²) in [4.78, 5) is 34.3. The molecule has 0 spiro atoms. The van der Waals surface area contributed by atoms with Crippen molar-refractivity contribution in [2.24, 2.45) is 11.8 Å². The van der Waals surface area contributed by atoms with Crippen LogP contribution < -0.4 is 10.6 Å². The Morgan fingerprint density at radius 3 is 2.44 bits per heavy atom. The van der Waals surface area contributed by atoms with Crippen molar-refractivity contribution in [3.63, 3.8) is 0 Å². The quantitative estimate of drug-likeness (QED) is 0.590. The van der Waals surface area contributed by atoms with E-state index >= 15 is 0 Å². The molecule has 0 bridgehead atoms. The van der Waals surface area contributed by atoms with Crippen molar-refractivity contribution in [1.29, 1.82) is 0 Å². The van der Waals surface area contributed by atoms with E-state index in [0.29, 0.717) is 5.56 Å². The molecule has 3 rings (SSSR count). The van der Waals surface area contributed by atoms with Crippen molar-refractivity contribution in [2.45, 2.75) is 57.4 Å². The summed E-state index contributed by atoms with van der Waals surface area (Å²) < 4.78 is 0. The van der Waals surface area contributed by atoms with Crippen LogP contribution in [0.25, 0.3) is 0 Å². The number of benzene rings is 1. The van der Waals surface area contributed by atoms with Crippen LogP contribution in [0.1, 0.15) is 61.7 Å². The van der Waals surface area contributed by atoms with Gasteiger partial charge in [-0.15, -0.1) is 0 Å². The van der Waals surface area contributed by atoms with Crippen molar-refractivity contribution < 1.29 is 14.5 Å². The van der Waals surface area contributed by atoms with Gasteiger partial charge in [-0.05, 0) is 43.2 Å². The summed E-state index contributed by atoms with van der Waals surface area (Å²) in [6.45, 7) is 0.250. The second-order valence-corrected chi connectivity index (χ2v) is 7.69. The van der Waals surface area contributed by atoms with Crippen LogP contribution in [0.5, 0.6) is 0 Å². The summed E-state index contributed by atoms with van der Waals surface area (Å²) in [7, 11) is 0. The van der Waals surface area contributed by atoms with Gasteiger partial charge in [-0.1, -0.05) is 25.7 Å². The number of nitro groups is 1. The van der Waals surface area contributed by atoms with Crippen LogP contribution in [-0.2, 0) is 4.79 Å². The molecule has 1 aromatic carbocycles. The third-order valence-electron chi connectivity index (χ3n) is 5.88. The van der Waals surface area contributed by atoms with Crippen molar-refractivity contribution in [3.8, 4) is 0 Å². The fourth-order valence-electron chi connectivity index (χ4n) is 4.43. The summed E-state index contributed by atoms with van der Waals surface area (Å²) in [5, 5.41) is 16.4. The number of carbonyl (C=O) groups excluding carboxylic acids is 2. The molecule has 2 aliphatic carbocycles. The third-order valence-corrected chi connectivity index (χ3v) is 5.88. The summed E-state index contributed by atoms with van der Waals surface area (Å²) in [5.74, 6) is 1.26.